The van der Waals surface area contributed by atoms with Gasteiger partial charge in [0.2, 0.25) is 0 Å². The van der Waals surface area contributed by atoms with Crippen LogP contribution in [0.5, 0.6) is 0 Å². The Morgan fingerprint density at radius 3 is 2.69 bits per heavy atom. The Bertz CT molecular complexity index is 375. The van der Waals surface area contributed by atoms with Gasteiger partial charge in [-0.3, -0.25) is 0 Å². The Labute approximate surface area is 102 Å². The van der Waals surface area contributed by atoms with Crippen LogP contribution in [0.15, 0.2) is 6.07 Å². The van der Waals surface area contributed by atoms with E-state index in [4.69, 9.17) is 11.6 Å². The summed E-state index contributed by atoms with van der Waals surface area (Å²) < 4.78 is 0. The molecule has 1 saturated carbocycles. The molecule has 0 bridgehead atoms. The molecule has 1 aliphatic carbocycles. The van der Waals surface area contributed by atoms with Crippen LogP contribution in [-0.4, -0.2) is 23.6 Å². The summed E-state index contributed by atoms with van der Waals surface area (Å²) in [6.07, 6.45) is 2.69. The second kappa shape index (κ2) is 4.58. The van der Waals surface area contributed by atoms with Crippen molar-refractivity contribution in [3.05, 3.63) is 17.0 Å². The van der Waals surface area contributed by atoms with E-state index in [2.05, 4.69) is 35.8 Å². The molecule has 0 saturated heterocycles. The van der Waals surface area contributed by atoms with Gasteiger partial charge in [-0.1, -0.05) is 25.4 Å². The molecule has 0 radical (unpaired) electrons. The third-order valence-corrected chi connectivity index (χ3v) is 3.03. The van der Waals surface area contributed by atoms with E-state index in [1.807, 2.05) is 6.07 Å². The van der Waals surface area contributed by atoms with Gasteiger partial charge in [-0.25, -0.2) is 9.97 Å². The standard InChI is InChI=1S/C12H18ClN3/c1-8(2)12-14-10(13)6-11(15-12)16(3)7-9-4-5-9/h6,8-9H,4-5,7H2,1-3H3. The van der Waals surface area contributed by atoms with E-state index in [-0.39, 0.29) is 0 Å². The van der Waals surface area contributed by atoms with Gasteiger partial charge in [-0.15, -0.1) is 0 Å². The van der Waals surface area contributed by atoms with Crippen molar-refractivity contribution in [2.75, 3.05) is 18.5 Å². The fourth-order valence-corrected chi connectivity index (χ4v) is 1.84. The molecule has 1 aromatic heterocycles. The minimum absolute atomic E-state index is 0.312. The summed E-state index contributed by atoms with van der Waals surface area (Å²) in [5.41, 5.74) is 0. The fraction of sp³-hybridized carbons (Fsp3) is 0.667. The molecule has 1 aliphatic rings. The first-order valence-electron chi connectivity index (χ1n) is 5.82. The topological polar surface area (TPSA) is 29.0 Å². The van der Waals surface area contributed by atoms with Crippen molar-refractivity contribution in [2.45, 2.75) is 32.6 Å². The summed E-state index contributed by atoms with van der Waals surface area (Å²) in [6, 6.07) is 1.84. The normalized spacial score (nSPS) is 15.6. The summed E-state index contributed by atoms with van der Waals surface area (Å²) in [6.45, 7) is 5.23. The molecule has 1 fully saturated rings. The zero-order valence-electron chi connectivity index (χ0n) is 10.1. The Morgan fingerprint density at radius 2 is 2.12 bits per heavy atom. The highest BCUT2D eigenvalue weighted by atomic mass is 35.5. The lowest BCUT2D eigenvalue weighted by Gasteiger charge is -2.19. The molecule has 0 aliphatic heterocycles. The van der Waals surface area contributed by atoms with Crippen LogP contribution in [0.25, 0.3) is 0 Å². The van der Waals surface area contributed by atoms with E-state index in [0.29, 0.717) is 11.1 Å². The minimum Gasteiger partial charge on any atom is -0.359 e. The molecule has 0 atom stereocenters. The van der Waals surface area contributed by atoms with E-state index in [0.717, 1.165) is 24.1 Å². The molecule has 2 rings (SSSR count). The van der Waals surface area contributed by atoms with Crippen molar-refractivity contribution in [3.8, 4) is 0 Å². The Morgan fingerprint density at radius 1 is 1.44 bits per heavy atom. The van der Waals surface area contributed by atoms with E-state index in [9.17, 15) is 0 Å². The second-order valence-corrected chi connectivity index (χ2v) is 5.27. The third kappa shape index (κ3) is 2.85. The minimum atomic E-state index is 0.312. The van der Waals surface area contributed by atoms with Crippen molar-refractivity contribution < 1.29 is 0 Å². The van der Waals surface area contributed by atoms with Gasteiger partial charge in [-0.05, 0) is 18.8 Å². The van der Waals surface area contributed by atoms with Gasteiger partial charge in [0, 0.05) is 25.6 Å². The van der Waals surface area contributed by atoms with Crippen LogP contribution >= 0.6 is 11.6 Å². The number of aromatic nitrogens is 2. The predicted octanol–water partition coefficient (Wildman–Crippen LogP) is 3.10. The maximum atomic E-state index is 6.01. The molecular weight excluding hydrogens is 222 g/mol. The zero-order chi connectivity index (χ0) is 11.7. The first-order valence-corrected chi connectivity index (χ1v) is 6.19. The van der Waals surface area contributed by atoms with Crippen molar-refractivity contribution in [2.24, 2.45) is 5.92 Å². The molecular formula is C12H18ClN3. The number of hydrogen-bond acceptors (Lipinski definition) is 3. The smallest absolute Gasteiger partial charge is 0.135 e. The molecule has 16 heavy (non-hydrogen) atoms. The van der Waals surface area contributed by atoms with Crippen LogP contribution in [0.3, 0.4) is 0 Å². The fourth-order valence-electron chi connectivity index (χ4n) is 1.66. The lowest BCUT2D eigenvalue weighted by atomic mass is 10.2. The number of anilines is 1. The Hall–Kier alpha value is -0.830. The molecule has 0 unspecified atom stereocenters. The Balaban J connectivity index is 2.17. The third-order valence-electron chi connectivity index (χ3n) is 2.84. The number of halogens is 1. The van der Waals surface area contributed by atoms with Crippen LogP contribution in [0, 0.1) is 5.92 Å². The first kappa shape index (κ1) is 11.6. The van der Waals surface area contributed by atoms with Gasteiger partial charge < -0.3 is 4.90 Å². The van der Waals surface area contributed by atoms with Crippen molar-refractivity contribution >= 4 is 17.4 Å². The largest absolute Gasteiger partial charge is 0.359 e. The van der Waals surface area contributed by atoms with Crippen molar-refractivity contribution in [1.29, 1.82) is 0 Å². The van der Waals surface area contributed by atoms with Crippen LogP contribution in [-0.2, 0) is 0 Å². The van der Waals surface area contributed by atoms with Crippen molar-refractivity contribution in [3.63, 3.8) is 0 Å². The van der Waals surface area contributed by atoms with Crippen LogP contribution < -0.4 is 4.90 Å². The summed E-state index contributed by atoms with van der Waals surface area (Å²) in [7, 11) is 2.07. The second-order valence-electron chi connectivity index (χ2n) is 4.89. The van der Waals surface area contributed by atoms with E-state index in [1.54, 1.807) is 0 Å². The molecule has 0 aromatic carbocycles. The van der Waals surface area contributed by atoms with Gasteiger partial charge in [-0.2, -0.15) is 0 Å². The average Bonchev–Trinajstić information content (AvgIpc) is 3.00. The van der Waals surface area contributed by atoms with Gasteiger partial charge in [0.15, 0.2) is 0 Å². The van der Waals surface area contributed by atoms with Crippen LogP contribution in [0.2, 0.25) is 5.15 Å². The van der Waals surface area contributed by atoms with Crippen LogP contribution in [0.1, 0.15) is 38.4 Å². The molecule has 1 heterocycles. The lowest BCUT2D eigenvalue weighted by Crippen LogP contribution is -2.22. The summed E-state index contributed by atoms with van der Waals surface area (Å²) >= 11 is 6.01. The zero-order valence-corrected chi connectivity index (χ0v) is 10.8. The van der Waals surface area contributed by atoms with Crippen LogP contribution in [0.4, 0.5) is 5.82 Å². The molecule has 0 N–H and O–H groups in total. The van der Waals surface area contributed by atoms with E-state index < -0.39 is 0 Å². The molecule has 88 valence electrons. The molecule has 3 nitrogen and oxygen atoms in total. The van der Waals surface area contributed by atoms with Gasteiger partial charge in [0.1, 0.15) is 16.8 Å². The molecule has 0 spiro atoms. The maximum absolute atomic E-state index is 6.01. The quantitative estimate of drug-likeness (QED) is 0.756. The summed E-state index contributed by atoms with van der Waals surface area (Å²) in [5, 5.41) is 0.538. The highest BCUT2D eigenvalue weighted by Crippen LogP contribution is 2.31. The number of nitrogens with zero attached hydrogens (tertiary/aromatic N) is 3. The lowest BCUT2D eigenvalue weighted by molar-refractivity contribution is 0.741. The average molecular weight is 240 g/mol. The van der Waals surface area contributed by atoms with Gasteiger partial charge in [0.25, 0.3) is 0 Å². The highest BCUT2D eigenvalue weighted by Gasteiger charge is 2.23. The maximum Gasteiger partial charge on any atom is 0.135 e. The molecule has 0 amide bonds. The van der Waals surface area contributed by atoms with Gasteiger partial charge >= 0.3 is 0 Å². The monoisotopic (exact) mass is 239 g/mol. The van der Waals surface area contributed by atoms with Crippen molar-refractivity contribution in [1.82, 2.24) is 9.97 Å². The molecule has 1 aromatic rings. The number of hydrogen-bond donors (Lipinski definition) is 0. The van der Waals surface area contributed by atoms with E-state index in [1.165, 1.54) is 12.8 Å². The van der Waals surface area contributed by atoms with E-state index >= 15 is 0 Å². The first-order chi connectivity index (χ1) is 7.56. The SMILES string of the molecule is CC(C)c1nc(Cl)cc(N(C)CC2CC2)n1. The predicted molar refractivity (Wildman–Crippen MR) is 67.1 cm³/mol. The van der Waals surface area contributed by atoms with Gasteiger partial charge in [0.05, 0.1) is 0 Å². The molecule has 4 heteroatoms. The summed E-state index contributed by atoms with van der Waals surface area (Å²) in [4.78, 5) is 11.0. The number of rotatable bonds is 4. The highest BCUT2D eigenvalue weighted by molar-refractivity contribution is 6.29. The Kier molecular flexibility index (Phi) is 3.33. The summed E-state index contributed by atoms with van der Waals surface area (Å²) in [5.74, 6) is 2.92.